The predicted octanol–water partition coefficient (Wildman–Crippen LogP) is 2.69. The average molecular weight is 303 g/mol. The van der Waals surface area contributed by atoms with Gasteiger partial charge in [0.2, 0.25) is 5.91 Å². The second kappa shape index (κ2) is 6.39. The summed E-state index contributed by atoms with van der Waals surface area (Å²) in [4.78, 5) is 14.8. The van der Waals surface area contributed by atoms with Crippen molar-refractivity contribution in [1.29, 1.82) is 0 Å². The average Bonchev–Trinajstić information content (AvgIpc) is 2.45. The molecule has 0 bridgehead atoms. The third-order valence-electron chi connectivity index (χ3n) is 5.04. The fourth-order valence-electron chi connectivity index (χ4n) is 2.98. The number of nitrogens with two attached hydrogens (primary N) is 1. The van der Waals surface area contributed by atoms with Crippen molar-refractivity contribution in [3.8, 4) is 0 Å². The number of piperidine rings is 1. The van der Waals surface area contributed by atoms with E-state index in [2.05, 4.69) is 37.9 Å². The summed E-state index contributed by atoms with van der Waals surface area (Å²) in [6.45, 7) is 12.2. The van der Waals surface area contributed by atoms with Gasteiger partial charge in [0, 0.05) is 24.8 Å². The van der Waals surface area contributed by atoms with Crippen LogP contribution in [0, 0.1) is 19.3 Å². The molecule has 0 spiro atoms. The molecule has 1 aromatic rings. The lowest BCUT2D eigenvalue weighted by molar-refractivity contribution is -0.122. The Morgan fingerprint density at radius 2 is 2.05 bits per heavy atom. The third-order valence-corrected chi connectivity index (χ3v) is 5.04. The van der Waals surface area contributed by atoms with Gasteiger partial charge in [0.05, 0.1) is 6.04 Å². The van der Waals surface area contributed by atoms with Crippen molar-refractivity contribution in [2.75, 3.05) is 18.4 Å². The number of anilines is 1. The molecule has 1 heterocycles. The van der Waals surface area contributed by atoms with Gasteiger partial charge >= 0.3 is 0 Å². The molecule has 0 aliphatic carbocycles. The number of benzene rings is 1. The van der Waals surface area contributed by atoms with Crippen molar-refractivity contribution in [3.63, 3.8) is 0 Å². The lowest BCUT2D eigenvalue weighted by Gasteiger charge is -2.44. The van der Waals surface area contributed by atoms with Crippen LogP contribution in [0.25, 0.3) is 0 Å². The number of carbonyl (C=O) groups excluding carboxylic acids is 1. The van der Waals surface area contributed by atoms with Gasteiger partial charge in [-0.2, -0.15) is 0 Å². The van der Waals surface area contributed by atoms with Gasteiger partial charge in [-0.3, -0.25) is 9.69 Å². The molecule has 4 nitrogen and oxygen atoms in total. The van der Waals surface area contributed by atoms with Gasteiger partial charge in [-0.05, 0) is 55.9 Å². The summed E-state index contributed by atoms with van der Waals surface area (Å²) >= 11 is 0. The van der Waals surface area contributed by atoms with Crippen molar-refractivity contribution >= 4 is 11.6 Å². The molecule has 4 heteroatoms. The minimum Gasteiger partial charge on any atom is -0.327 e. The van der Waals surface area contributed by atoms with Gasteiger partial charge in [-0.15, -0.1) is 0 Å². The maximum atomic E-state index is 12.5. The quantitative estimate of drug-likeness (QED) is 0.902. The lowest BCUT2D eigenvalue weighted by atomic mass is 9.79. The Morgan fingerprint density at radius 1 is 1.36 bits per heavy atom. The van der Waals surface area contributed by atoms with Crippen LogP contribution in [0.5, 0.6) is 0 Å². The molecular formula is C18H29N3O. The first-order valence-corrected chi connectivity index (χ1v) is 8.08. The molecule has 22 heavy (non-hydrogen) atoms. The Morgan fingerprint density at radius 3 is 2.64 bits per heavy atom. The number of amides is 1. The van der Waals surface area contributed by atoms with Gasteiger partial charge in [-0.25, -0.2) is 0 Å². The number of rotatable bonds is 3. The Bertz CT molecular complexity index is 553. The highest BCUT2D eigenvalue weighted by Gasteiger charge is 2.36. The Hall–Kier alpha value is -1.39. The zero-order chi connectivity index (χ0) is 16.5. The molecular weight excluding hydrogens is 274 g/mol. The van der Waals surface area contributed by atoms with Gasteiger partial charge in [0.15, 0.2) is 0 Å². The minimum absolute atomic E-state index is 0.0488. The highest BCUT2D eigenvalue weighted by molar-refractivity contribution is 5.94. The fourth-order valence-corrected chi connectivity index (χ4v) is 2.98. The molecule has 3 N–H and O–H groups in total. The van der Waals surface area contributed by atoms with E-state index >= 15 is 0 Å². The summed E-state index contributed by atoms with van der Waals surface area (Å²) in [5.74, 6) is 0.0505. The summed E-state index contributed by atoms with van der Waals surface area (Å²) in [5.41, 5.74) is 9.52. The normalized spacial score (nSPS) is 23.1. The predicted molar refractivity (Wildman–Crippen MR) is 92.0 cm³/mol. The van der Waals surface area contributed by atoms with E-state index in [1.165, 1.54) is 11.1 Å². The summed E-state index contributed by atoms with van der Waals surface area (Å²) in [6.07, 6.45) is 0.939. The summed E-state index contributed by atoms with van der Waals surface area (Å²) in [5, 5.41) is 3.03. The van der Waals surface area contributed by atoms with Crippen molar-refractivity contribution < 1.29 is 4.79 Å². The minimum atomic E-state index is -0.145. The van der Waals surface area contributed by atoms with Gasteiger partial charge in [-0.1, -0.05) is 19.9 Å². The smallest absolute Gasteiger partial charge is 0.241 e. The summed E-state index contributed by atoms with van der Waals surface area (Å²) in [6, 6.07) is 6.09. The second-order valence-corrected chi connectivity index (χ2v) is 7.32. The van der Waals surface area contributed by atoms with E-state index in [0.29, 0.717) is 0 Å². The van der Waals surface area contributed by atoms with Crippen LogP contribution in [0.3, 0.4) is 0 Å². The molecule has 0 saturated carbocycles. The van der Waals surface area contributed by atoms with Crippen LogP contribution in [0.2, 0.25) is 0 Å². The molecule has 1 amide bonds. The lowest BCUT2D eigenvalue weighted by Crippen LogP contribution is -2.56. The van der Waals surface area contributed by atoms with Gasteiger partial charge in [0.25, 0.3) is 0 Å². The van der Waals surface area contributed by atoms with Gasteiger partial charge in [0.1, 0.15) is 0 Å². The van der Waals surface area contributed by atoms with Crippen molar-refractivity contribution in [2.24, 2.45) is 11.1 Å². The molecule has 1 aliphatic rings. The first-order chi connectivity index (χ1) is 10.2. The molecule has 2 unspecified atom stereocenters. The molecule has 1 saturated heterocycles. The maximum absolute atomic E-state index is 12.5. The Labute approximate surface area is 134 Å². The zero-order valence-corrected chi connectivity index (χ0v) is 14.4. The van der Waals surface area contributed by atoms with E-state index in [4.69, 9.17) is 5.73 Å². The number of hydrogen-bond acceptors (Lipinski definition) is 3. The highest BCUT2D eigenvalue weighted by Crippen LogP contribution is 2.29. The molecule has 0 aromatic heterocycles. The van der Waals surface area contributed by atoms with Crippen LogP contribution in [0.1, 0.15) is 38.3 Å². The number of likely N-dealkylation sites (tertiary alicyclic amines) is 1. The standard InChI is InChI=1S/C18H29N3O/c1-12-6-7-15(10-13(12)2)20-17(22)14(3)21-9-8-16(19)18(4,5)11-21/h6-7,10,14,16H,8-9,11,19H2,1-5H3,(H,20,22). The van der Waals surface area contributed by atoms with Gasteiger partial charge < -0.3 is 11.1 Å². The molecule has 1 aliphatic heterocycles. The first-order valence-electron chi connectivity index (χ1n) is 8.08. The molecule has 2 atom stereocenters. The number of carbonyl (C=O) groups is 1. The van der Waals surface area contributed by atoms with Crippen LogP contribution in [0.15, 0.2) is 18.2 Å². The van der Waals surface area contributed by atoms with Crippen LogP contribution in [-0.4, -0.2) is 36.0 Å². The van der Waals surface area contributed by atoms with Crippen LogP contribution < -0.4 is 11.1 Å². The number of nitrogens with zero attached hydrogens (tertiary/aromatic N) is 1. The van der Waals surface area contributed by atoms with E-state index in [1.54, 1.807) is 0 Å². The van der Waals surface area contributed by atoms with Crippen LogP contribution >= 0.6 is 0 Å². The van der Waals surface area contributed by atoms with E-state index in [9.17, 15) is 4.79 Å². The number of hydrogen-bond donors (Lipinski definition) is 2. The number of nitrogens with one attached hydrogen (secondary N) is 1. The van der Waals surface area contributed by atoms with E-state index in [0.717, 1.165) is 25.2 Å². The van der Waals surface area contributed by atoms with E-state index in [1.807, 2.05) is 25.1 Å². The van der Waals surface area contributed by atoms with E-state index < -0.39 is 0 Å². The summed E-state index contributed by atoms with van der Waals surface area (Å²) in [7, 11) is 0. The molecule has 1 fully saturated rings. The topological polar surface area (TPSA) is 58.4 Å². The third kappa shape index (κ3) is 3.68. The second-order valence-electron chi connectivity index (χ2n) is 7.32. The van der Waals surface area contributed by atoms with Crippen molar-refractivity contribution in [1.82, 2.24) is 4.90 Å². The van der Waals surface area contributed by atoms with Crippen molar-refractivity contribution in [2.45, 2.75) is 53.1 Å². The molecule has 1 aromatic carbocycles. The van der Waals surface area contributed by atoms with Crippen LogP contribution in [0.4, 0.5) is 5.69 Å². The monoisotopic (exact) mass is 303 g/mol. The number of aryl methyl sites for hydroxylation is 2. The highest BCUT2D eigenvalue weighted by atomic mass is 16.2. The van der Waals surface area contributed by atoms with Crippen molar-refractivity contribution in [3.05, 3.63) is 29.3 Å². The zero-order valence-electron chi connectivity index (χ0n) is 14.4. The van der Waals surface area contributed by atoms with E-state index in [-0.39, 0.29) is 23.4 Å². The SMILES string of the molecule is Cc1ccc(NC(=O)C(C)N2CCC(N)C(C)(C)C2)cc1C. The molecule has 0 radical (unpaired) electrons. The summed E-state index contributed by atoms with van der Waals surface area (Å²) < 4.78 is 0. The first kappa shape index (κ1) is 17.0. The Balaban J connectivity index is 2.01. The maximum Gasteiger partial charge on any atom is 0.241 e. The Kier molecular flexibility index (Phi) is 4.93. The largest absolute Gasteiger partial charge is 0.327 e. The molecule has 2 rings (SSSR count). The fraction of sp³-hybridized carbons (Fsp3) is 0.611. The molecule has 122 valence electrons. The van der Waals surface area contributed by atoms with Crippen LogP contribution in [-0.2, 0) is 4.79 Å².